The van der Waals surface area contributed by atoms with Crippen LogP contribution in [0.2, 0.25) is 0 Å². The zero-order chi connectivity index (χ0) is 31.7. The van der Waals surface area contributed by atoms with Crippen molar-refractivity contribution < 1.29 is 38.9 Å². The molecule has 2 N–H and O–H groups in total. The van der Waals surface area contributed by atoms with Gasteiger partial charge in [-0.25, -0.2) is 4.79 Å². The minimum Gasteiger partial charge on any atom is -0.454 e. The molecule has 0 saturated carbocycles. The van der Waals surface area contributed by atoms with Crippen molar-refractivity contribution in [1.29, 1.82) is 0 Å². The molecule has 0 fully saturated rings. The molecule has 1 heterocycles. The van der Waals surface area contributed by atoms with Gasteiger partial charge in [-0.3, -0.25) is 14.4 Å². The first-order chi connectivity index (χ1) is 19.5. The van der Waals surface area contributed by atoms with Crippen molar-refractivity contribution in [2.45, 2.75) is 78.6 Å². The minimum absolute atomic E-state index is 0.0430. The number of ether oxygens (including phenoxy) is 2. The molecule has 41 heavy (non-hydrogen) atoms. The molecular formula is C30H51N3O8. The maximum Gasteiger partial charge on any atom is 0.329 e. The fourth-order valence-corrected chi connectivity index (χ4v) is 4.41. The Labute approximate surface area is 245 Å². The first-order valence-corrected chi connectivity index (χ1v) is 14.0. The van der Waals surface area contributed by atoms with Crippen LogP contribution >= 0.6 is 0 Å². The first-order valence-electron chi connectivity index (χ1n) is 14.0. The van der Waals surface area contributed by atoms with Crippen molar-refractivity contribution in [3.05, 3.63) is 35.4 Å². The van der Waals surface area contributed by atoms with Gasteiger partial charge in [0.2, 0.25) is 11.8 Å². The van der Waals surface area contributed by atoms with Crippen LogP contribution in [0.25, 0.3) is 0 Å². The van der Waals surface area contributed by atoms with E-state index in [1.165, 1.54) is 15.4 Å². The SMILES string of the molecule is CCC(=O)N1Cc2ccccc2CC1C(C)OCC(=O)N(C)C(CC(C)C)C(=O)OCC(=O)N(C)CC.CO.CO. The molecule has 3 amide bonds. The summed E-state index contributed by atoms with van der Waals surface area (Å²) in [5, 5.41) is 14.0. The summed E-state index contributed by atoms with van der Waals surface area (Å²) in [5.41, 5.74) is 2.30. The fourth-order valence-electron chi connectivity index (χ4n) is 4.41. The standard InChI is InChI=1S/C28H43N3O6.2CH4O/c1-8-25(32)31-16-22-13-11-10-12-21(22)15-23(31)20(5)36-18-27(34)30(7)24(14-19(3)4)28(35)37-17-26(33)29(6)9-2;2*1-2/h10-13,19-20,23-24H,8-9,14-18H2,1-7H3;2*2H,1H3. The van der Waals surface area contributed by atoms with Crippen molar-refractivity contribution in [1.82, 2.24) is 14.7 Å². The number of nitrogens with zero attached hydrogens (tertiary/aromatic N) is 3. The number of hydrogen-bond donors (Lipinski definition) is 2. The Morgan fingerprint density at radius 2 is 1.54 bits per heavy atom. The zero-order valence-corrected chi connectivity index (χ0v) is 26.3. The van der Waals surface area contributed by atoms with Gasteiger partial charge in [-0.1, -0.05) is 45.0 Å². The molecule has 0 saturated heterocycles. The molecule has 1 aliphatic rings. The second-order valence-corrected chi connectivity index (χ2v) is 10.1. The molecule has 0 aliphatic carbocycles. The lowest BCUT2D eigenvalue weighted by Gasteiger charge is -2.40. The number of aliphatic hydroxyl groups is 2. The van der Waals surface area contributed by atoms with E-state index in [1.807, 2.05) is 57.7 Å². The third-order valence-electron chi connectivity index (χ3n) is 6.99. The van der Waals surface area contributed by atoms with Crippen LogP contribution in [0.5, 0.6) is 0 Å². The minimum atomic E-state index is -0.828. The molecule has 3 unspecified atom stereocenters. The number of benzene rings is 1. The molecule has 0 aromatic heterocycles. The average Bonchev–Trinajstić information content (AvgIpc) is 3.00. The van der Waals surface area contributed by atoms with Gasteiger partial charge in [-0.15, -0.1) is 0 Å². The summed E-state index contributed by atoms with van der Waals surface area (Å²) in [6.45, 7) is 9.88. The zero-order valence-electron chi connectivity index (χ0n) is 26.3. The molecule has 0 spiro atoms. The first kappa shape index (κ1) is 38.0. The molecule has 1 aromatic rings. The Morgan fingerprint density at radius 1 is 0.951 bits per heavy atom. The van der Waals surface area contributed by atoms with Crippen LogP contribution in [0.1, 0.15) is 58.6 Å². The molecule has 2 rings (SSSR count). The Bertz CT molecular complexity index is 955. The third kappa shape index (κ3) is 11.8. The molecule has 1 aliphatic heterocycles. The number of carbonyl (C=O) groups is 4. The van der Waals surface area contributed by atoms with E-state index in [4.69, 9.17) is 19.7 Å². The molecule has 1 aromatic carbocycles. The molecule has 3 atom stereocenters. The third-order valence-corrected chi connectivity index (χ3v) is 6.99. The number of likely N-dealkylation sites (N-methyl/N-ethyl adjacent to an activating group) is 2. The maximum absolute atomic E-state index is 13.1. The van der Waals surface area contributed by atoms with E-state index in [0.717, 1.165) is 19.8 Å². The Morgan fingerprint density at radius 3 is 2.07 bits per heavy atom. The van der Waals surface area contributed by atoms with Gasteiger partial charge < -0.3 is 34.4 Å². The van der Waals surface area contributed by atoms with Crippen LogP contribution in [0, 0.1) is 5.92 Å². The van der Waals surface area contributed by atoms with Gasteiger partial charge in [0.1, 0.15) is 12.6 Å². The highest BCUT2D eigenvalue weighted by Crippen LogP contribution is 2.27. The van der Waals surface area contributed by atoms with Crippen LogP contribution < -0.4 is 0 Å². The molecule has 0 bridgehead atoms. The van der Waals surface area contributed by atoms with Gasteiger partial charge in [0.05, 0.1) is 12.1 Å². The fraction of sp³-hybridized carbons (Fsp3) is 0.667. The van der Waals surface area contributed by atoms with Crippen LogP contribution in [0.4, 0.5) is 0 Å². The Balaban J connectivity index is 0.00000382. The number of hydrogen-bond acceptors (Lipinski definition) is 8. The maximum atomic E-state index is 13.1. The Hall–Kier alpha value is -3.02. The number of rotatable bonds is 12. The summed E-state index contributed by atoms with van der Waals surface area (Å²) < 4.78 is 11.2. The Kier molecular flexibility index (Phi) is 18.5. The van der Waals surface area contributed by atoms with Crippen LogP contribution in [-0.2, 0) is 41.6 Å². The highest BCUT2D eigenvalue weighted by molar-refractivity contribution is 5.86. The topological polar surface area (TPSA) is 137 Å². The van der Waals surface area contributed by atoms with E-state index >= 15 is 0 Å². The van der Waals surface area contributed by atoms with E-state index < -0.39 is 12.0 Å². The predicted molar refractivity (Wildman–Crippen MR) is 157 cm³/mol. The van der Waals surface area contributed by atoms with Gasteiger partial charge in [0.25, 0.3) is 5.91 Å². The molecule has 234 valence electrons. The molecule has 0 radical (unpaired) electrons. The van der Waals surface area contributed by atoms with Crippen LogP contribution in [0.15, 0.2) is 24.3 Å². The van der Waals surface area contributed by atoms with Crippen molar-refractivity contribution in [2.75, 3.05) is 48.1 Å². The average molecular weight is 582 g/mol. The second-order valence-electron chi connectivity index (χ2n) is 10.1. The number of carbonyl (C=O) groups excluding carboxylic acids is 4. The van der Waals surface area contributed by atoms with E-state index in [9.17, 15) is 19.2 Å². The highest BCUT2D eigenvalue weighted by atomic mass is 16.5. The second kappa shape index (κ2) is 20.0. The monoisotopic (exact) mass is 581 g/mol. The van der Waals surface area contributed by atoms with E-state index in [0.29, 0.717) is 32.4 Å². The number of esters is 1. The van der Waals surface area contributed by atoms with Crippen molar-refractivity contribution in [3.63, 3.8) is 0 Å². The summed E-state index contributed by atoms with van der Waals surface area (Å²) in [5.74, 6) is -1.11. The van der Waals surface area contributed by atoms with Gasteiger partial charge in [-0.05, 0) is 43.7 Å². The molecule has 11 heteroatoms. The van der Waals surface area contributed by atoms with E-state index in [1.54, 1.807) is 14.1 Å². The summed E-state index contributed by atoms with van der Waals surface area (Å²) in [6.07, 6.45) is 1.05. The van der Waals surface area contributed by atoms with E-state index in [-0.39, 0.29) is 49.0 Å². The van der Waals surface area contributed by atoms with Crippen molar-refractivity contribution in [2.24, 2.45) is 5.92 Å². The van der Waals surface area contributed by atoms with Crippen LogP contribution in [-0.4, -0.2) is 115 Å². The summed E-state index contributed by atoms with van der Waals surface area (Å²) in [6, 6.07) is 7.03. The van der Waals surface area contributed by atoms with Crippen LogP contribution in [0.3, 0.4) is 0 Å². The molecule has 11 nitrogen and oxygen atoms in total. The molecular weight excluding hydrogens is 530 g/mol. The van der Waals surface area contributed by atoms with E-state index in [2.05, 4.69) is 6.07 Å². The number of fused-ring (bicyclic) bond motifs is 1. The smallest absolute Gasteiger partial charge is 0.329 e. The lowest BCUT2D eigenvalue weighted by Crippen LogP contribution is -2.51. The summed E-state index contributed by atoms with van der Waals surface area (Å²) in [4.78, 5) is 55.3. The normalized spacial score (nSPS) is 15.2. The van der Waals surface area contributed by atoms with Gasteiger partial charge in [0.15, 0.2) is 6.61 Å². The summed E-state index contributed by atoms with van der Waals surface area (Å²) in [7, 11) is 5.18. The predicted octanol–water partition coefficient (Wildman–Crippen LogP) is 1.87. The van der Waals surface area contributed by atoms with Crippen molar-refractivity contribution in [3.8, 4) is 0 Å². The summed E-state index contributed by atoms with van der Waals surface area (Å²) >= 11 is 0. The highest BCUT2D eigenvalue weighted by Gasteiger charge is 2.34. The number of aliphatic hydroxyl groups excluding tert-OH is 2. The quantitative estimate of drug-likeness (QED) is 0.357. The van der Waals surface area contributed by atoms with Gasteiger partial charge in [0, 0.05) is 47.8 Å². The largest absolute Gasteiger partial charge is 0.454 e. The lowest BCUT2D eigenvalue weighted by molar-refractivity contribution is -0.160. The van der Waals surface area contributed by atoms with Gasteiger partial charge >= 0.3 is 5.97 Å². The van der Waals surface area contributed by atoms with Gasteiger partial charge in [-0.2, -0.15) is 0 Å². The lowest BCUT2D eigenvalue weighted by atomic mass is 9.91. The number of amides is 3. The van der Waals surface area contributed by atoms with Crippen molar-refractivity contribution >= 4 is 23.7 Å².